The Morgan fingerprint density at radius 1 is 0.975 bits per heavy atom. The summed E-state index contributed by atoms with van der Waals surface area (Å²) in [6.07, 6.45) is 2.99. The van der Waals surface area contributed by atoms with Crippen LogP contribution in [0.5, 0.6) is 0 Å². The highest BCUT2D eigenvalue weighted by molar-refractivity contribution is 7.80. The maximum atomic E-state index is 12.5. The second-order valence-electron chi connectivity index (χ2n) is 9.18. The molecule has 5 aromatic rings. The number of carbonyl (C=O) groups excluding carboxylic acids is 1. The van der Waals surface area contributed by atoms with Gasteiger partial charge in [-0.05, 0) is 93.2 Å². The minimum atomic E-state index is -0.368. The molecule has 0 fully saturated rings. The van der Waals surface area contributed by atoms with E-state index < -0.39 is 0 Å². The number of hydrogen-bond acceptors (Lipinski definition) is 6. The normalized spacial score (nSPS) is 11.2. The molecule has 0 saturated heterocycles. The van der Waals surface area contributed by atoms with Crippen molar-refractivity contribution in [1.29, 1.82) is 0 Å². The third-order valence-corrected chi connectivity index (χ3v) is 6.71. The van der Waals surface area contributed by atoms with Crippen LogP contribution in [0.2, 0.25) is 0 Å². The summed E-state index contributed by atoms with van der Waals surface area (Å²) in [5, 5.41) is 15.3. The van der Waals surface area contributed by atoms with Gasteiger partial charge in [0.25, 0.3) is 0 Å². The Kier molecular flexibility index (Phi) is 8.02. The molecule has 202 valence electrons. The van der Waals surface area contributed by atoms with Crippen molar-refractivity contribution in [3.8, 4) is 17.0 Å². The first kappa shape index (κ1) is 26.8. The van der Waals surface area contributed by atoms with Crippen molar-refractivity contribution in [3.05, 3.63) is 96.3 Å². The molecule has 0 saturated carbocycles. The third kappa shape index (κ3) is 6.10. The van der Waals surface area contributed by atoms with Gasteiger partial charge in [-0.15, -0.1) is 10.2 Å². The smallest absolute Gasteiger partial charge is 0.250 e. The minimum absolute atomic E-state index is 0.181. The number of aryl methyl sites for hydroxylation is 1. The first-order chi connectivity index (χ1) is 19.4. The second-order valence-corrected chi connectivity index (χ2v) is 9.59. The van der Waals surface area contributed by atoms with Crippen LogP contribution in [0.4, 0.5) is 11.4 Å². The number of amides is 1. The van der Waals surface area contributed by atoms with Crippen molar-refractivity contribution < 1.29 is 9.21 Å². The van der Waals surface area contributed by atoms with Crippen LogP contribution in [0, 0.1) is 6.92 Å². The molecule has 8 nitrogen and oxygen atoms in total. The lowest BCUT2D eigenvalue weighted by molar-refractivity contribution is -0.115. The quantitative estimate of drug-likeness (QED) is 0.172. The van der Waals surface area contributed by atoms with Gasteiger partial charge in [-0.3, -0.25) is 10.1 Å². The van der Waals surface area contributed by atoms with Crippen LogP contribution in [-0.2, 0) is 4.79 Å². The molecule has 2 heterocycles. The molecule has 1 amide bonds. The third-order valence-electron chi connectivity index (χ3n) is 6.50. The first-order valence-corrected chi connectivity index (χ1v) is 13.5. The van der Waals surface area contributed by atoms with Crippen LogP contribution in [-0.4, -0.2) is 39.1 Å². The maximum absolute atomic E-state index is 12.5. The van der Waals surface area contributed by atoms with Crippen LogP contribution in [0.25, 0.3) is 34.1 Å². The van der Waals surface area contributed by atoms with Gasteiger partial charge in [0.1, 0.15) is 22.6 Å². The molecule has 0 spiro atoms. The van der Waals surface area contributed by atoms with Crippen molar-refractivity contribution >= 4 is 51.7 Å². The number of thiocarbonyl (C=S) groups is 1. The summed E-state index contributed by atoms with van der Waals surface area (Å²) in [6.45, 7) is 8.14. The molecule has 0 aliphatic carbocycles. The van der Waals surface area contributed by atoms with Gasteiger partial charge in [0.15, 0.2) is 5.11 Å². The van der Waals surface area contributed by atoms with Crippen molar-refractivity contribution in [1.82, 2.24) is 20.3 Å². The molecule has 9 heteroatoms. The van der Waals surface area contributed by atoms with Gasteiger partial charge in [-0.1, -0.05) is 30.3 Å². The summed E-state index contributed by atoms with van der Waals surface area (Å²) in [5.74, 6) is 0.935. The topological polar surface area (TPSA) is 88.2 Å². The number of rotatable bonds is 8. The Balaban J connectivity index is 1.23. The minimum Gasteiger partial charge on any atom is -0.457 e. The average molecular weight is 551 g/mol. The number of benzene rings is 3. The maximum Gasteiger partial charge on any atom is 0.250 e. The van der Waals surface area contributed by atoms with Crippen molar-refractivity contribution in [2.45, 2.75) is 20.8 Å². The highest BCUT2D eigenvalue weighted by Crippen LogP contribution is 2.24. The van der Waals surface area contributed by atoms with Gasteiger partial charge < -0.3 is 14.6 Å². The fourth-order valence-electron chi connectivity index (χ4n) is 4.37. The van der Waals surface area contributed by atoms with E-state index in [4.69, 9.17) is 16.6 Å². The van der Waals surface area contributed by atoms with Gasteiger partial charge in [-0.2, -0.15) is 4.80 Å². The van der Waals surface area contributed by atoms with Gasteiger partial charge in [0, 0.05) is 36.1 Å². The van der Waals surface area contributed by atoms with E-state index in [0.29, 0.717) is 11.3 Å². The number of aromatic nitrogens is 3. The van der Waals surface area contributed by atoms with Crippen LogP contribution < -0.4 is 15.5 Å². The van der Waals surface area contributed by atoms with E-state index in [1.54, 1.807) is 10.9 Å². The Bertz CT molecular complexity index is 1670. The number of hydrogen-bond donors (Lipinski definition) is 2. The van der Waals surface area contributed by atoms with Crippen LogP contribution in [0.1, 0.15) is 25.2 Å². The Hall–Kier alpha value is -4.76. The molecular weight excluding hydrogens is 520 g/mol. The van der Waals surface area contributed by atoms with Crippen molar-refractivity contribution in [2.75, 3.05) is 23.3 Å². The Morgan fingerprint density at radius 2 is 1.68 bits per heavy atom. The molecule has 0 aliphatic rings. The number of fused-ring (bicyclic) bond motifs is 1. The predicted molar refractivity (Wildman–Crippen MR) is 165 cm³/mol. The standard InChI is InChI=1S/C31H30N6O2S/c1-4-36(5-2)23-11-13-24(14-12-23)37-34-27-19-21(3)26(20-28(27)35-37)32-31(40)33-30(38)18-16-25-15-17-29(39-25)22-9-7-6-8-10-22/h6-20H,4-5H2,1-3H3,(H2,32,33,38,40)/b18-16+. The Morgan fingerprint density at radius 3 is 2.38 bits per heavy atom. The van der Waals surface area contributed by atoms with E-state index in [1.165, 1.54) is 11.8 Å². The molecule has 5 rings (SSSR count). The van der Waals surface area contributed by atoms with E-state index in [9.17, 15) is 4.79 Å². The number of furan rings is 1. The average Bonchev–Trinajstić information content (AvgIpc) is 3.61. The summed E-state index contributed by atoms with van der Waals surface area (Å²) in [7, 11) is 0. The van der Waals surface area contributed by atoms with Crippen LogP contribution >= 0.6 is 12.2 Å². The summed E-state index contributed by atoms with van der Waals surface area (Å²) < 4.78 is 5.81. The molecule has 0 unspecified atom stereocenters. The number of carbonyl (C=O) groups is 1. The lowest BCUT2D eigenvalue weighted by atomic mass is 10.2. The molecule has 0 radical (unpaired) electrons. The van der Waals surface area contributed by atoms with Gasteiger partial charge in [0.05, 0.1) is 5.69 Å². The molecule has 0 bridgehead atoms. The summed E-state index contributed by atoms with van der Waals surface area (Å²) in [5.41, 5.74) is 6.15. The number of nitrogens with one attached hydrogen (secondary N) is 2. The molecule has 2 N–H and O–H groups in total. The summed E-state index contributed by atoms with van der Waals surface area (Å²) in [4.78, 5) is 16.4. The second kappa shape index (κ2) is 12.0. The Labute approximate surface area is 238 Å². The lowest BCUT2D eigenvalue weighted by Gasteiger charge is -2.20. The number of nitrogens with zero attached hydrogens (tertiary/aromatic N) is 4. The zero-order valence-electron chi connectivity index (χ0n) is 22.6. The molecule has 0 atom stereocenters. The molecule has 2 aromatic heterocycles. The van der Waals surface area contributed by atoms with Crippen molar-refractivity contribution in [3.63, 3.8) is 0 Å². The number of anilines is 2. The summed E-state index contributed by atoms with van der Waals surface area (Å²) in [6, 6.07) is 25.5. The fraction of sp³-hybridized carbons (Fsp3) is 0.161. The van der Waals surface area contributed by atoms with Crippen LogP contribution in [0.15, 0.2) is 89.4 Å². The van der Waals surface area contributed by atoms with E-state index in [-0.39, 0.29) is 11.0 Å². The predicted octanol–water partition coefficient (Wildman–Crippen LogP) is 6.36. The fourth-order valence-corrected chi connectivity index (χ4v) is 4.58. The zero-order chi connectivity index (χ0) is 28.1. The van der Waals surface area contributed by atoms with E-state index in [2.05, 4.69) is 51.7 Å². The van der Waals surface area contributed by atoms with Crippen molar-refractivity contribution in [2.24, 2.45) is 0 Å². The first-order valence-electron chi connectivity index (χ1n) is 13.1. The zero-order valence-corrected chi connectivity index (χ0v) is 23.4. The molecule has 0 aliphatic heterocycles. The molecule has 40 heavy (non-hydrogen) atoms. The lowest BCUT2D eigenvalue weighted by Crippen LogP contribution is -2.33. The van der Waals surface area contributed by atoms with E-state index in [0.717, 1.165) is 46.9 Å². The van der Waals surface area contributed by atoms with E-state index >= 15 is 0 Å². The van der Waals surface area contributed by atoms with Crippen LogP contribution in [0.3, 0.4) is 0 Å². The SMILES string of the molecule is CCN(CC)c1ccc(-n2nc3cc(C)c(NC(=S)NC(=O)/C=C/c4ccc(-c5ccccc5)o4)cc3n2)cc1. The monoisotopic (exact) mass is 550 g/mol. The highest BCUT2D eigenvalue weighted by atomic mass is 32.1. The van der Waals surface area contributed by atoms with Gasteiger partial charge >= 0.3 is 0 Å². The highest BCUT2D eigenvalue weighted by Gasteiger charge is 2.11. The summed E-state index contributed by atoms with van der Waals surface area (Å²) >= 11 is 5.38. The van der Waals surface area contributed by atoms with Gasteiger partial charge in [0.2, 0.25) is 5.91 Å². The van der Waals surface area contributed by atoms with Gasteiger partial charge in [-0.25, -0.2) is 0 Å². The molecule has 3 aromatic carbocycles. The molecular formula is C31H30N6O2S. The largest absolute Gasteiger partial charge is 0.457 e. The van der Waals surface area contributed by atoms with E-state index in [1.807, 2.05) is 73.7 Å².